The average molecular weight is 397 g/mol. The lowest BCUT2D eigenvalue weighted by Crippen LogP contribution is -2.16. The van der Waals surface area contributed by atoms with Crippen LogP contribution in [0.5, 0.6) is 5.75 Å². The molecule has 6 nitrogen and oxygen atoms in total. The fourth-order valence-corrected chi connectivity index (χ4v) is 4.61. The molecular formula is C20H16FN3O3S. The number of fused-ring (bicyclic) bond motifs is 2. The third-order valence-electron chi connectivity index (χ3n) is 5.14. The summed E-state index contributed by atoms with van der Waals surface area (Å²) in [7, 11) is 1.46. The third kappa shape index (κ3) is 2.34. The van der Waals surface area contributed by atoms with E-state index in [-0.39, 0.29) is 28.1 Å². The van der Waals surface area contributed by atoms with Crippen LogP contribution in [-0.2, 0) is 0 Å². The number of H-pyrrole nitrogens is 1. The second-order valence-electron chi connectivity index (χ2n) is 6.99. The Kier molecular flexibility index (Phi) is 3.67. The molecule has 0 bridgehead atoms. The van der Waals surface area contributed by atoms with Gasteiger partial charge in [-0.1, -0.05) is 6.07 Å². The Balaban J connectivity index is 2.00. The fraction of sp³-hybridized carbons (Fsp3) is 0.250. The molecular weight excluding hydrogens is 381 g/mol. The van der Waals surface area contributed by atoms with E-state index in [1.807, 2.05) is 11.5 Å². The van der Waals surface area contributed by atoms with Crippen molar-refractivity contribution in [2.24, 2.45) is 0 Å². The van der Waals surface area contributed by atoms with E-state index in [0.717, 1.165) is 30.1 Å². The van der Waals surface area contributed by atoms with Crippen LogP contribution >= 0.6 is 11.5 Å². The summed E-state index contributed by atoms with van der Waals surface area (Å²) in [5.41, 5.74) is 1.26. The van der Waals surface area contributed by atoms with Gasteiger partial charge in [-0.2, -0.15) is 0 Å². The van der Waals surface area contributed by atoms with Crippen molar-refractivity contribution in [1.82, 2.24) is 13.9 Å². The van der Waals surface area contributed by atoms with Crippen molar-refractivity contribution in [2.75, 3.05) is 7.11 Å². The summed E-state index contributed by atoms with van der Waals surface area (Å²) >= 11 is 1.13. The zero-order chi connectivity index (χ0) is 19.6. The Labute approximate surface area is 162 Å². The molecule has 0 unspecified atom stereocenters. The first-order chi connectivity index (χ1) is 13.5. The number of aromatic nitrogens is 3. The van der Waals surface area contributed by atoms with Gasteiger partial charge < -0.3 is 9.30 Å². The third-order valence-corrected chi connectivity index (χ3v) is 6.02. The minimum atomic E-state index is -0.583. The summed E-state index contributed by atoms with van der Waals surface area (Å²) in [6.07, 6.45) is 3.46. The van der Waals surface area contributed by atoms with Crippen LogP contribution in [0, 0.1) is 12.7 Å². The highest BCUT2D eigenvalue weighted by atomic mass is 32.1. The van der Waals surface area contributed by atoms with Gasteiger partial charge in [-0.3, -0.25) is 18.9 Å². The lowest BCUT2D eigenvalue weighted by molar-refractivity contribution is 0.416. The van der Waals surface area contributed by atoms with E-state index in [1.165, 1.54) is 13.2 Å². The van der Waals surface area contributed by atoms with Gasteiger partial charge in [0.15, 0.2) is 5.75 Å². The summed E-state index contributed by atoms with van der Waals surface area (Å²) in [6.45, 7) is 1.85. The molecule has 0 spiro atoms. The standard InChI is InChI=1S/C20H16FN3O3S/c1-9-3-4-10(8-22-9)14-13(21)7-12-16(18(14)27-2)24(11-5-6-11)20-15(17(12)25)19(26)23-28-20/h3-4,7-8,11H,5-6H2,1-2H3,(H,23,26). The van der Waals surface area contributed by atoms with Gasteiger partial charge in [0, 0.05) is 23.5 Å². The topological polar surface area (TPSA) is 77.0 Å². The number of hydrogen-bond acceptors (Lipinski definition) is 5. The van der Waals surface area contributed by atoms with E-state index in [1.54, 1.807) is 18.3 Å². The lowest BCUT2D eigenvalue weighted by atomic mass is 10.0. The van der Waals surface area contributed by atoms with Gasteiger partial charge in [-0.15, -0.1) is 0 Å². The number of halogens is 1. The molecule has 1 N–H and O–H groups in total. The number of hydrogen-bond donors (Lipinski definition) is 1. The number of benzene rings is 1. The normalized spacial score (nSPS) is 14.1. The van der Waals surface area contributed by atoms with Crippen molar-refractivity contribution < 1.29 is 9.13 Å². The van der Waals surface area contributed by atoms with Crippen LogP contribution < -0.4 is 15.7 Å². The molecule has 0 aliphatic heterocycles. The lowest BCUT2D eigenvalue weighted by Gasteiger charge is -2.18. The van der Waals surface area contributed by atoms with Gasteiger partial charge in [-0.25, -0.2) is 4.39 Å². The first kappa shape index (κ1) is 17.1. The van der Waals surface area contributed by atoms with Crippen molar-refractivity contribution >= 4 is 32.7 Å². The Morgan fingerprint density at radius 1 is 1.32 bits per heavy atom. The van der Waals surface area contributed by atoms with Crippen LogP contribution in [0.1, 0.15) is 24.6 Å². The molecule has 4 aromatic rings. The molecule has 3 aromatic heterocycles. The maximum absolute atomic E-state index is 15.2. The van der Waals surface area contributed by atoms with Crippen LogP contribution in [0.25, 0.3) is 32.2 Å². The van der Waals surface area contributed by atoms with Crippen molar-refractivity contribution in [1.29, 1.82) is 0 Å². The Morgan fingerprint density at radius 2 is 2.11 bits per heavy atom. The molecule has 5 rings (SSSR count). The molecule has 0 radical (unpaired) electrons. The van der Waals surface area contributed by atoms with E-state index < -0.39 is 16.8 Å². The summed E-state index contributed by atoms with van der Waals surface area (Å²) in [5, 5.41) is 0.233. The number of ether oxygens (including phenoxy) is 1. The second kappa shape index (κ2) is 6.00. The summed E-state index contributed by atoms with van der Waals surface area (Å²) in [5.74, 6) is -0.298. The molecule has 1 saturated carbocycles. The highest BCUT2D eigenvalue weighted by Crippen LogP contribution is 2.45. The number of aryl methyl sites for hydroxylation is 1. The van der Waals surface area contributed by atoms with Gasteiger partial charge in [0.1, 0.15) is 16.0 Å². The van der Waals surface area contributed by atoms with Crippen molar-refractivity contribution in [3.05, 3.63) is 56.5 Å². The molecule has 0 saturated heterocycles. The zero-order valence-corrected chi connectivity index (χ0v) is 16.0. The molecule has 28 heavy (non-hydrogen) atoms. The molecule has 142 valence electrons. The summed E-state index contributed by atoms with van der Waals surface area (Å²) < 4.78 is 25.4. The van der Waals surface area contributed by atoms with Crippen molar-refractivity contribution in [3.63, 3.8) is 0 Å². The zero-order valence-electron chi connectivity index (χ0n) is 15.2. The monoisotopic (exact) mass is 397 g/mol. The van der Waals surface area contributed by atoms with E-state index in [2.05, 4.69) is 9.36 Å². The van der Waals surface area contributed by atoms with Crippen LogP contribution in [0.2, 0.25) is 0 Å². The highest BCUT2D eigenvalue weighted by Gasteiger charge is 2.31. The molecule has 8 heteroatoms. The number of aromatic amines is 1. The van der Waals surface area contributed by atoms with E-state index in [9.17, 15) is 9.59 Å². The number of methoxy groups -OCH3 is 1. The van der Waals surface area contributed by atoms with Crippen LogP contribution in [0.3, 0.4) is 0 Å². The van der Waals surface area contributed by atoms with E-state index >= 15 is 4.39 Å². The fourth-order valence-electron chi connectivity index (χ4n) is 3.69. The minimum absolute atomic E-state index is 0.0793. The first-order valence-electron chi connectivity index (χ1n) is 8.90. The smallest absolute Gasteiger partial charge is 0.271 e. The summed E-state index contributed by atoms with van der Waals surface area (Å²) in [4.78, 5) is 30.1. The van der Waals surface area contributed by atoms with Crippen LogP contribution in [0.4, 0.5) is 4.39 Å². The molecule has 1 aromatic carbocycles. The molecule has 1 aliphatic carbocycles. The van der Waals surface area contributed by atoms with Gasteiger partial charge >= 0.3 is 0 Å². The molecule has 0 amide bonds. The minimum Gasteiger partial charge on any atom is -0.494 e. The molecule has 0 atom stereocenters. The van der Waals surface area contributed by atoms with Gasteiger partial charge in [0.25, 0.3) is 5.56 Å². The number of rotatable bonds is 3. The Morgan fingerprint density at radius 3 is 2.75 bits per heavy atom. The van der Waals surface area contributed by atoms with Crippen LogP contribution in [0.15, 0.2) is 34.0 Å². The predicted octanol–water partition coefficient (Wildman–Crippen LogP) is 3.76. The second-order valence-corrected chi connectivity index (χ2v) is 7.79. The number of pyridine rings is 2. The average Bonchev–Trinajstić information content (AvgIpc) is 3.44. The maximum Gasteiger partial charge on any atom is 0.271 e. The maximum atomic E-state index is 15.2. The molecule has 1 aliphatic rings. The highest BCUT2D eigenvalue weighted by molar-refractivity contribution is 7.12. The van der Waals surface area contributed by atoms with Gasteiger partial charge in [0.05, 0.1) is 23.6 Å². The summed E-state index contributed by atoms with van der Waals surface area (Å²) in [6, 6.07) is 4.95. The first-order valence-corrected chi connectivity index (χ1v) is 9.71. The quantitative estimate of drug-likeness (QED) is 0.571. The SMILES string of the molecule is COc1c(-c2ccc(C)nc2)c(F)cc2c(=O)c3c(=O)[nH]sc3n(C3CC3)c12. The molecule has 3 heterocycles. The van der Waals surface area contributed by atoms with Crippen molar-refractivity contribution in [3.8, 4) is 16.9 Å². The Bertz CT molecular complexity index is 1360. The number of nitrogens with one attached hydrogen (secondary N) is 1. The van der Waals surface area contributed by atoms with Gasteiger partial charge in [0.2, 0.25) is 5.43 Å². The molecule has 1 fully saturated rings. The number of nitrogens with zero attached hydrogens (tertiary/aromatic N) is 2. The van der Waals surface area contributed by atoms with E-state index in [4.69, 9.17) is 4.74 Å². The van der Waals surface area contributed by atoms with E-state index in [0.29, 0.717) is 15.9 Å². The predicted molar refractivity (Wildman–Crippen MR) is 107 cm³/mol. The van der Waals surface area contributed by atoms with Gasteiger partial charge in [-0.05, 0) is 43.4 Å². The van der Waals surface area contributed by atoms with Crippen LogP contribution in [-0.4, -0.2) is 21.0 Å². The van der Waals surface area contributed by atoms with Crippen molar-refractivity contribution in [2.45, 2.75) is 25.8 Å². The largest absolute Gasteiger partial charge is 0.494 e. The Hall–Kier alpha value is -3.00.